The average Bonchev–Trinajstić information content (AvgIpc) is 2.81. The predicted octanol–water partition coefficient (Wildman–Crippen LogP) is -3.10. The number of aryl methyl sites for hydroxylation is 2. The van der Waals surface area contributed by atoms with Gasteiger partial charge in [-0.05, 0) is 13.8 Å². The zero-order chi connectivity index (χ0) is 29.5. The number of pyridine rings is 2. The molecule has 221 valence electrons. The molecule has 0 aliphatic heterocycles. The number of carboxylic acid groups (broad SMARTS) is 2. The monoisotopic (exact) mass is 627 g/mol. The summed E-state index contributed by atoms with van der Waals surface area (Å²) in [6.45, 7) is 0.153. The molecular weight excluding hydrogens is 598 g/mol. The Morgan fingerprint density at radius 1 is 0.950 bits per heavy atom. The maximum atomic E-state index is 11.4. The number of phosphoric ester groups is 1. The van der Waals surface area contributed by atoms with Crippen LogP contribution in [0, 0.1) is 13.8 Å². The van der Waals surface area contributed by atoms with Gasteiger partial charge in [0.1, 0.15) is 11.5 Å². The fourth-order valence-electron chi connectivity index (χ4n) is 3.75. The minimum Gasteiger partial charge on any atom is -0.549 e. The number of aliphatic hydroxyl groups excluding tert-OH is 2. The van der Waals surface area contributed by atoms with E-state index >= 15 is 0 Å². The van der Waals surface area contributed by atoms with Gasteiger partial charge < -0.3 is 50.0 Å². The Morgan fingerprint density at radius 3 is 1.85 bits per heavy atom. The van der Waals surface area contributed by atoms with Crippen LogP contribution in [0.15, 0.2) is 12.4 Å². The van der Waals surface area contributed by atoms with Crippen LogP contribution >= 0.6 is 7.82 Å². The third-order valence-electron chi connectivity index (χ3n) is 5.68. The van der Waals surface area contributed by atoms with E-state index in [4.69, 9.17) is 9.79 Å². The summed E-state index contributed by atoms with van der Waals surface area (Å²) < 4.78 is 15.5. The van der Waals surface area contributed by atoms with E-state index in [0.717, 1.165) is 6.20 Å². The average molecular weight is 627 g/mol. The van der Waals surface area contributed by atoms with Gasteiger partial charge in [-0.3, -0.25) is 24.3 Å². The van der Waals surface area contributed by atoms with Crippen LogP contribution < -0.4 is 10.2 Å². The van der Waals surface area contributed by atoms with Gasteiger partial charge in [0.25, 0.3) is 0 Å². The Bertz CT molecular complexity index is 1240. The number of phosphoric acid groups is 1. The molecule has 16 nitrogen and oxygen atoms in total. The summed E-state index contributed by atoms with van der Waals surface area (Å²) >= 11 is 0. The zero-order valence-electron chi connectivity index (χ0n) is 21.4. The molecule has 18 heteroatoms. The first-order valence-corrected chi connectivity index (χ1v) is 12.9. The fourth-order valence-corrected chi connectivity index (χ4v) is 4.12. The van der Waals surface area contributed by atoms with Gasteiger partial charge in [-0.2, -0.15) is 0 Å². The van der Waals surface area contributed by atoms with Gasteiger partial charge in [-0.25, -0.2) is 4.57 Å². The van der Waals surface area contributed by atoms with Crippen LogP contribution in [0.1, 0.15) is 39.9 Å². The van der Waals surface area contributed by atoms with Crippen molar-refractivity contribution in [2.45, 2.75) is 39.8 Å². The molecule has 0 amide bonds. The number of carbonyl (C=O) groups is 2. The molecule has 1 atom stereocenters. The van der Waals surface area contributed by atoms with Crippen LogP contribution in [0.4, 0.5) is 0 Å². The maximum Gasteiger partial charge on any atom is 2.00 e. The van der Waals surface area contributed by atoms with Gasteiger partial charge >= 0.3 is 24.9 Å². The van der Waals surface area contributed by atoms with Gasteiger partial charge in [-0.1, -0.05) is 0 Å². The maximum absolute atomic E-state index is 11.4. The molecule has 1 unspecified atom stereocenters. The third kappa shape index (κ3) is 10.4. The molecule has 0 aliphatic rings. The van der Waals surface area contributed by atoms with Crippen molar-refractivity contribution in [3.8, 4) is 11.5 Å². The molecule has 6 N–H and O–H groups in total. The van der Waals surface area contributed by atoms with Crippen LogP contribution in [0.2, 0.25) is 0 Å². The molecule has 0 fully saturated rings. The van der Waals surface area contributed by atoms with E-state index in [1.807, 2.05) is 0 Å². The molecule has 0 saturated heterocycles. The molecule has 2 aromatic rings. The number of aromatic nitrogens is 2. The summed E-state index contributed by atoms with van der Waals surface area (Å²) in [6, 6.07) is 0. The molecule has 2 rings (SSSR count). The summed E-state index contributed by atoms with van der Waals surface area (Å²) in [4.78, 5) is 51.2. The first-order chi connectivity index (χ1) is 18.1. The minimum atomic E-state index is -5.17. The standard InChI is InChI=1S/C22H31N4O12P.Mn/c1-12-20(32)16(14(11-27)5-23-12)7-25(9-18(28)29)3-4-26(10-19(30)31)8-17-15(6-24-13(2)21(17)33)22(34)38-39(35,36)37;/h5-6,22,27,32-34H,3-4,7-11H2,1-2H3,(H,28,29)(H,30,31)(H2,35,36,37);/q;+2/p-2. The Balaban J connectivity index is 0.00000800. The van der Waals surface area contributed by atoms with E-state index in [1.165, 1.54) is 29.8 Å². The number of hydrogen-bond acceptors (Lipinski definition) is 14. The topological polar surface area (TPSA) is 260 Å². The summed E-state index contributed by atoms with van der Waals surface area (Å²) in [5.41, 5.74) is 0.252. The van der Waals surface area contributed by atoms with Crippen molar-refractivity contribution >= 4 is 19.8 Å². The number of carboxylic acids is 2. The minimum absolute atomic E-state index is 0. The van der Waals surface area contributed by atoms with Crippen molar-refractivity contribution in [2.75, 3.05) is 26.2 Å². The molecule has 2 heterocycles. The van der Waals surface area contributed by atoms with E-state index < -0.39 is 58.0 Å². The van der Waals surface area contributed by atoms with Crippen molar-refractivity contribution in [2.24, 2.45) is 0 Å². The Kier molecular flexibility index (Phi) is 13.6. The number of carbonyl (C=O) groups excluding carboxylic acids is 2. The molecule has 1 radical (unpaired) electrons. The number of aromatic hydroxyl groups is 2. The summed E-state index contributed by atoms with van der Waals surface area (Å²) in [5.74, 6) is -3.76. The van der Waals surface area contributed by atoms with Crippen LogP contribution in [0.3, 0.4) is 0 Å². The van der Waals surface area contributed by atoms with Crippen LogP contribution in [0.5, 0.6) is 11.5 Å². The van der Waals surface area contributed by atoms with Crippen molar-refractivity contribution in [3.05, 3.63) is 46.0 Å². The number of rotatable bonds is 15. The molecule has 0 aromatic carbocycles. The number of aliphatic hydroxyl groups is 2. The number of aliphatic carboxylic acids is 2. The first-order valence-electron chi connectivity index (χ1n) is 11.3. The van der Waals surface area contributed by atoms with Crippen LogP contribution in [-0.2, 0) is 55.4 Å². The second-order valence-corrected chi connectivity index (χ2v) is 9.79. The van der Waals surface area contributed by atoms with Crippen molar-refractivity contribution in [1.29, 1.82) is 0 Å². The van der Waals surface area contributed by atoms with E-state index in [-0.39, 0.29) is 76.1 Å². The molecule has 0 spiro atoms. The first kappa shape index (κ1) is 35.3. The van der Waals surface area contributed by atoms with E-state index in [9.17, 15) is 44.8 Å². The van der Waals surface area contributed by atoms with Crippen molar-refractivity contribution < 1.29 is 76.2 Å². The van der Waals surface area contributed by atoms with Crippen LogP contribution in [0.25, 0.3) is 0 Å². The van der Waals surface area contributed by atoms with Crippen molar-refractivity contribution in [1.82, 2.24) is 19.8 Å². The molecule has 40 heavy (non-hydrogen) atoms. The van der Waals surface area contributed by atoms with Gasteiger partial charge in [0.05, 0.1) is 29.9 Å². The number of hydrogen-bond donors (Lipinski definition) is 6. The van der Waals surface area contributed by atoms with Gasteiger partial charge in [0.2, 0.25) is 0 Å². The van der Waals surface area contributed by atoms with E-state index in [1.54, 1.807) is 0 Å². The smallest absolute Gasteiger partial charge is 0.549 e. The molecule has 0 bridgehead atoms. The van der Waals surface area contributed by atoms with Crippen LogP contribution in [-0.4, -0.2) is 88.1 Å². The normalized spacial score (nSPS) is 12.4. The summed E-state index contributed by atoms with van der Waals surface area (Å²) in [5, 5.41) is 63.6. The van der Waals surface area contributed by atoms with Crippen molar-refractivity contribution in [3.63, 3.8) is 0 Å². The summed E-state index contributed by atoms with van der Waals surface area (Å²) in [6.07, 6.45) is 0.0920. The van der Waals surface area contributed by atoms with E-state index in [0.29, 0.717) is 0 Å². The third-order valence-corrected chi connectivity index (χ3v) is 6.15. The molecule has 0 saturated carbocycles. The quantitative estimate of drug-likeness (QED) is 0.0649. The molecular formula is C22H29MnN4O12P. The Morgan fingerprint density at radius 2 is 1.40 bits per heavy atom. The van der Waals surface area contributed by atoms with Gasteiger partial charge in [0.15, 0.2) is 6.29 Å². The Labute approximate surface area is 239 Å². The SMILES string of the molecule is Cc1ncc(CO)c(CN(CCN(CC(=O)[O-])Cc2c(C(O)OP(=O)(O)O)cnc(C)c2O)CC(=O)[O-])c1O.[Mn+2]. The van der Waals surface area contributed by atoms with Gasteiger partial charge in [0, 0.05) is 73.9 Å². The second-order valence-electron chi connectivity index (χ2n) is 8.59. The predicted molar refractivity (Wildman–Crippen MR) is 126 cm³/mol. The zero-order valence-corrected chi connectivity index (χ0v) is 23.5. The van der Waals surface area contributed by atoms with E-state index in [2.05, 4.69) is 14.5 Å². The second kappa shape index (κ2) is 15.3. The molecule has 2 aromatic heterocycles. The fraction of sp³-hybridized carbons (Fsp3) is 0.455. The largest absolute Gasteiger partial charge is 2.00 e. The summed E-state index contributed by atoms with van der Waals surface area (Å²) in [7, 11) is -5.17. The number of nitrogens with zero attached hydrogens (tertiary/aromatic N) is 4. The molecule has 0 aliphatic carbocycles. The van der Waals surface area contributed by atoms with Gasteiger partial charge in [-0.15, -0.1) is 0 Å². The Hall–Kier alpha value is -2.69.